The number of fused-ring (bicyclic) bond motifs is 1. The van der Waals surface area contributed by atoms with E-state index in [2.05, 4.69) is 17.0 Å². The molecule has 0 radical (unpaired) electrons. The normalized spacial score (nSPS) is 15.8. The Labute approximate surface area is 199 Å². The van der Waals surface area contributed by atoms with Crippen molar-refractivity contribution in [3.8, 4) is 17.2 Å². The van der Waals surface area contributed by atoms with Crippen LogP contribution in [-0.4, -0.2) is 53.2 Å². The molecule has 1 unspecified atom stereocenters. The highest BCUT2D eigenvalue weighted by molar-refractivity contribution is 6.31. The molecule has 0 aliphatic carbocycles. The largest absolute Gasteiger partial charge is 0.395 e. The van der Waals surface area contributed by atoms with Gasteiger partial charge in [-0.25, -0.2) is 4.98 Å². The number of benzene rings is 2. The smallest absolute Gasteiger partial charge is 0.225 e. The minimum atomic E-state index is -0.129. The van der Waals surface area contributed by atoms with Crippen molar-refractivity contribution < 1.29 is 9.90 Å². The van der Waals surface area contributed by atoms with Gasteiger partial charge in [0.05, 0.1) is 29.8 Å². The summed E-state index contributed by atoms with van der Waals surface area (Å²) >= 11 is 6.23. The topological polar surface area (TPSA) is 80.5 Å². The van der Waals surface area contributed by atoms with Gasteiger partial charge >= 0.3 is 0 Å². The third kappa shape index (κ3) is 4.80. The van der Waals surface area contributed by atoms with Gasteiger partial charge in [-0.05, 0) is 42.3 Å². The summed E-state index contributed by atoms with van der Waals surface area (Å²) in [6, 6.07) is 17.5. The van der Waals surface area contributed by atoms with Crippen LogP contribution >= 0.6 is 11.6 Å². The number of carbonyl (C=O) groups excluding carboxylic acids is 1. The van der Waals surface area contributed by atoms with Crippen LogP contribution < -0.4 is 4.90 Å². The molecule has 0 bridgehead atoms. The van der Waals surface area contributed by atoms with Crippen molar-refractivity contribution in [3.63, 3.8) is 0 Å². The molecule has 1 aliphatic heterocycles. The Bertz CT molecular complexity index is 1220. The van der Waals surface area contributed by atoms with Gasteiger partial charge in [0.25, 0.3) is 0 Å². The number of carbonyl (C=O) groups is 1. The number of anilines is 1. The summed E-state index contributed by atoms with van der Waals surface area (Å²) in [5, 5.41) is 20.5. The summed E-state index contributed by atoms with van der Waals surface area (Å²) in [4.78, 5) is 21.7. The highest BCUT2D eigenvalue weighted by atomic mass is 35.5. The van der Waals surface area contributed by atoms with Gasteiger partial charge in [-0.1, -0.05) is 43.6 Å². The van der Waals surface area contributed by atoms with E-state index in [4.69, 9.17) is 16.6 Å². The van der Waals surface area contributed by atoms with Crippen molar-refractivity contribution in [2.24, 2.45) is 5.92 Å². The van der Waals surface area contributed by atoms with Crippen molar-refractivity contribution in [2.75, 3.05) is 31.1 Å². The zero-order chi connectivity index (χ0) is 23.5. The molecule has 1 amide bonds. The van der Waals surface area contributed by atoms with E-state index < -0.39 is 0 Å². The van der Waals surface area contributed by atoms with Crippen LogP contribution in [0.25, 0.3) is 22.0 Å². The summed E-state index contributed by atoms with van der Waals surface area (Å²) in [6.45, 7) is 5.40. The summed E-state index contributed by atoms with van der Waals surface area (Å²) in [5.74, 6) is 0.732. The number of aliphatic hydroxyl groups excluding tert-OH is 1. The molecule has 2 aromatic carbocycles. The molecule has 170 valence electrons. The number of hydrogen-bond acceptors (Lipinski definition) is 5. The zero-order valence-corrected chi connectivity index (χ0v) is 19.6. The number of rotatable bonds is 6. The van der Waals surface area contributed by atoms with Gasteiger partial charge in [-0.2, -0.15) is 5.26 Å². The Morgan fingerprint density at radius 3 is 2.85 bits per heavy atom. The number of halogens is 1. The average Bonchev–Trinajstić information content (AvgIpc) is 3.31. The van der Waals surface area contributed by atoms with E-state index >= 15 is 0 Å². The summed E-state index contributed by atoms with van der Waals surface area (Å²) < 4.78 is 0. The first-order valence-electron chi connectivity index (χ1n) is 11.2. The molecule has 1 aromatic heterocycles. The molecule has 33 heavy (non-hydrogen) atoms. The van der Waals surface area contributed by atoms with Gasteiger partial charge in [0.2, 0.25) is 5.91 Å². The monoisotopic (exact) mass is 462 g/mol. The van der Waals surface area contributed by atoms with Gasteiger partial charge in [0, 0.05) is 41.5 Å². The lowest BCUT2D eigenvalue weighted by Gasteiger charge is -2.30. The van der Waals surface area contributed by atoms with E-state index in [1.807, 2.05) is 50.2 Å². The zero-order valence-electron chi connectivity index (χ0n) is 18.8. The SMILES string of the molecule is CC(C)C(=O)N(CCO)C1CCN(c2nc3cc(Cl)ccc3cc2-c2cccc(C#N)c2)C1. The second-order valence-electron chi connectivity index (χ2n) is 8.69. The number of amides is 1. The predicted octanol–water partition coefficient (Wildman–Crippen LogP) is 4.48. The van der Waals surface area contributed by atoms with E-state index in [1.54, 1.807) is 11.0 Å². The average molecular weight is 463 g/mol. The van der Waals surface area contributed by atoms with Crippen molar-refractivity contribution in [2.45, 2.75) is 26.3 Å². The summed E-state index contributed by atoms with van der Waals surface area (Å²) in [7, 11) is 0. The van der Waals surface area contributed by atoms with Crippen LogP contribution in [0.1, 0.15) is 25.8 Å². The molecule has 3 aromatic rings. The van der Waals surface area contributed by atoms with E-state index in [9.17, 15) is 15.2 Å². The maximum Gasteiger partial charge on any atom is 0.225 e. The lowest BCUT2D eigenvalue weighted by atomic mass is 10.0. The lowest BCUT2D eigenvalue weighted by Crippen LogP contribution is -2.45. The number of nitriles is 1. The summed E-state index contributed by atoms with van der Waals surface area (Å²) in [6.07, 6.45) is 0.797. The Kier molecular flexibility index (Phi) is 6.83. The minimum Gasteiger partial charge on any atom is -0.395 e. The summed E-state index contributed by atoms with van der Waals surface area (Å²) in [5.41, 5.74) is 3.24. The number of hydrogen-bond donors (Lipinski definition) is 1. The Balaban J connectivity index is 1.76. The Morgan fingerprint density at radius 1 is 1.30 bits per heavy atom. The van der Waals surface area contributed by atoms with Crippen molar-refractivity contribution in [1.29, 1.82) is 5.26 Å². The first-order valence-corrected chi connectivity index (χ1v) is 11.6. The van der Waals surface area contributed by atoms with E-state index in [-0.39, 0.29) is 24.5 Å². The van der Waals surface area contributed by atoms with Crippen molar-refractivity contribution in [3.05, 3.63) is 59.1 Å². The molecule has 1 saturated heterocycles. The highest BCUT2D eigenvalue weighted by Gasteiger charge is 2.33. The first-order chi connectivity index (χ1) is 15.9. The minimum absolute atomic E-state index is 0.00204. The van der Waals surface area contributed by atoms with Crippen LogP contribution in [0.3, 0.4) is 0 Å². The van der Waals surface area contributed by atoms with Crippen LogP contribution in [0.15, 0.2) is 48.5 Å². The van der Waals surface area contributed by atoms with Gasteiger partial charge < -0.3 is 14.9 Å². The highest BCUT2D eigenvalue weighted by Crippen LogP contribution is 2.36. The predicted molar refractivity (Wildman–Crippen MR) is 131 cm³/mol. The molecular formula is C26H27ClN4O2. The standard InChI is InChI=1S/C26H27ClN4O2/c1-17(2)26(33)31(10-11-32)22-8-9-30(16-22)25-23(19-5-3-4-18(12-19)15-28)13-20-6-7-21(27)14-24(20)29-25/h3-7,12-14,17,22,32H,8-11,16H2,1-2H3. The second-order valence-corrected chi connectivity index (χ2v) is 9.12. The Morgan fingerprint density at radius 2 is 2.12 bits per heavy atom. The third-order valence-electron chi connectivity index (χ3n) is 6.08. The maximum atomic E-state index is 12.8. The Hall–Kier alpha value is -3.14. The molecule has 4 rings (SSSR count). The fraction of sp³-hybridized carbons (Fsp3) is 0.346. The maximum absolute atomic E-state index is 12.8. The molecule has 2 heterocycles. The van der Waals surface area contributed by atoms with Crippen molar-refractivity contribution >= 4 is 34.2 Å². The fourth-order valence-electron chi connectivity index (χ4n) is 4.44. The van der Waals surface area contributed by atoms with Crippen LogP contribution in [0.5, 0.6) is 0 Å². The van der Waals surface area contributed by atoms with Gasteiger partial charge in [0.15, 0.2) is 0 Å². The molecular weight excluding hydrogens is 436 g/mol. The molecule has 0 spiro atoms. The van der Waals surface area contributed by atoms with E-state index in [1.165, 1.54) is 0 Å². The molecule has 6 nitrogen and oxygen atoms in total. The van der Waals surface area contributed by atoms with Crippen molar-refractivity contribution in [1.82, 2.24) is 9.88 Å². The molecule has 7 heteroatoms. The second kappa shape index (κ2) is 9.78. The number of nitrogens with zero attached hydrogens (tertiary/aromatic N) is 4. The third-order valence-corrected chi connectivity index (χ3v) is 6.32. The van der Waals surface area contributed by atoms with E-state index in [0.29, 0.717) is 23.7 Å². The van der Waals surface area contributed by atoms with Crippen LogP contribution in [0.4, 0.5) is 5.82 Å². The van der Waals surface area contributed by atoms with E-state index in [0.717, 1.165) is 40.8 Å². The van der Waals surface area contributed by atoms with Crippen LogP contribution in [0, 0.1) is 17.2 Å². The molecule has 1 atom stereocenters. The fourth-order valence-corrected chi connectivity index (χ4v) is 4.61. The van der Waals surface area contributed by atoms with Gasteiger partial charge in [-0.3, -0.25) is 4.79 Å². The lowest BCUT2D eigenvalue weighted by molar-refractivity contribution is -0.137. The molecule has 1 fully saturated rings. The molecule has 1 aliphatic rings. The first kappa shape index (κ1) is 23.0. The number of pyridine rings is 1. The van der Waals surface area contributed by atoms with Gasteiger partial charge in [-0.15, -0.1) is 0 Å². The van der Waals surface area contributed by atoms with Crippen LogP contribution in [0.2, 0.25) is 5.02 Å². The number of aromatic nitrogens is 1. The van der Waals surface area contributed by atoms with Gasteiger partial charge in [0.1, 0.15) is 5.82 Å². The molecule has 1 N–H and O–H groups in total. The molecule has 0 saturated carbocycles. The van der Waals surface area contributed by atoms with Crippen LogP contribution in [-0.2, 0) is 4.79 Å². The quantitative estimate of drug-likeness (QED) is 0.584. The number of aliphatic hydroxyl groups is 1.